The third-order valence-corrected chi connectivity index (χ3v) is 19.4. The summed E-state index contributed by atoms with van der Waals surface area (Å²) in [6.07, 6.45) is 45.9. The molecule has 0 aromatic rings. The Balaban J connectivity index is 5.22. The second-order valence-corrected chi connectivity index (χ2v) is 30.7. The van der Waals surface area contributed by atoms with Gasteiger partial charge in [0.1, 0.15) is 19.3 Å². The van der Waals surface area contributed by atoms with Crippen LogP contribution in [0.4, 0.5) is 0 Å². The minimum atomic E-state index is -4.95. The largest absolute Gasteiger partial charge is 0.472 e. The Morgan fingerprint density at radius 1 is 0.304 bits per heavy atom. The molecular formula is C73H142O17P2. The first-order chi connectivity index (χ1) is 44.2. The number of carbonyl (C=O) groups excluding carboxylic acids is 4. The summed E-state index contributed by atoms with van der Waals surface area (Å²) in [7, 11) is -9.91. The molecule has 0 aliphatic heterocycles. The summed E-state index contributed by atoms with van der Waals surface area (Å²) in [5, 5.41) is 10.6. The van der Waals surface area contributed by atoms with Gasteiger partial charge < -0.3 is 33.8 Å². The number of aliphatic hydroxyl groups excluding tert-OH is 1. The number of phosphoric acid groups is 2. The predicted octanol–water partition coefficient (Wildman–Crippen LogP) is 20.9. The van der Waals surface area contributed by atoms with E-state index < -0.39 is 97.5 Å². The van der Waals surface area contributed by atoms with Gasteiger partial charge in [-0.2, -0.15) is 0 Å². The highest BCUT2D eigenvalue weighted by atomic mass is 31.2. The van der Waals surface area contributed by atoms with Crippen LogP contribution in [0.5, 0.6) is 0 Å². The van der Waals surface area contributed by atoms with Gasteiger partial charge in [-0.05, 0) is 49.4 Å². The first-order valence-electron chi connectivity index (χ1n) is 37.8. The van der Waals surface area contributed by atoms with Gasteiger partial charge in [-0.15, -0.1) is 0 Å². The van der Waals surface area contributed by atoms with Crippen molar-refractivity contribution in [2.75, 3.05) is 39.6 Å². The highest BCUT2D eigenvalue weighted by Crippen LogP contribution is 2.45. The first kappa shape index (κ1) is 90.1. The third kappa shape index (κ3) is 64.1. The topological polar surface area (TPSA) is 237 Å². The maximum absolute atomic E-state index is 13.0. The van der Waals surface area contributed by atoms with Crippen molar-refractivity contribution < 1.29 is 80.2 Å². The molecule has 0 fully saturated rings. The van der Waals surface area contributed by atoms with Crippen LogP contribution in [-0.2, 0) is 65.4 Å². The normalized spacial score (nSPS) is 14.8. The van der Waals surface area contributed by atoms with Gasteiger partial charge >= 0.3 is 39.5 Å². The van der Waals surface area contributed by atoms with Crippen molar-refractivity contribution in [2.45, 2.75) is 382 Å². The van der Waals surface area contributed by atoms with Crippen LogP contribution in [-0.4, -0.2) is 96.7 Å². The molecule has 92 heavy (non-hydrogen) atoms. The van der Waals surface area contributed by atoms with E-state index in [4.69, 9.17) is 37.0 Å². The predicted molar refractivity (Wildman–Crippen MR) is 372 cm³/mol. The molecular weight excluding hydrogens is 1210 g/mol. The number of ether oxygens (including phenoxy) is 4. The third-order valence-electron chi connectivity index (χ3n) is 17.5. The van der Waals surface area contributed by atoms with Crippen molar-refractivity contribution in [2.24, 2.45) is 23.7 Å². The van der Waals surface area contributed by atoms with Gasteiger partial charge in [-0.25, -0.2) is 9.13 Å². The van der Waals surface area contributed by atoms with Gasteiger partial charge in [0.15, 0.2) is 12.2 Å². The van der Waals surface area contributed by atoms with Crippen molar-refractivity contribution >= 4 is 39.5 Å². The van der Waals surface area contributed by atoms with Crippen LogP contribution in [0.25, 0.3) is 0 Å². The lowest BCUT2D eigenvalue weighted by Gasteiger charge is -2.21. The van der Waals surface area contributed by atoms with Crippen LogP contribution in [0.2, 0.25) is 0 Å². The molecule has 0 aliphatic rings. The number of rotatable bonds is 70. The molecule has 19 heteroatoms. The summed E-state index contributed by atoms with van der Waals surface area (Å²) in [5.74, 6) is 0.895. The van der Waals surface area contributed by atoms with E-state index in [2.05, 4.69) is 55.4 Å². The van der Waals surface area contributed by atoms with E-state index in [0.717, 1.165) is 126 Å². The van der Waals surface area contributed by atoms with E-state index in [1.807, 2.05) is 0 Å². The van der Waals surface area contributed by atoms with E-state index in [-0.39, 0.29) is 25.7 Å². The molecule has 0 amide bonds. The number of phosphoric ester groups is 2. The fraction of sp³-hybridized carbons (Fsp3) is 0.945. The van der Waals surface area contributed by atoms with E-state index in [0.29, 0.717) is 25.7 Å². The van der Waals surface area contributed by atoms with Crippen molar-refractivity contribution in [3.63, 3.8) is 0 Å². The summed E-state index contributed by atoms with van der Waals surface area (Å²) in [4.78, 5) is 72.6. The summed E-state index contributed by atoms with van der Waals surface area (Å²) >= 11 is 0. The van der Waals surface area contributed by atoms with Crippen LogP contribution in [0.3, 0.4) is 0 Å². The van der Waals surface area contributed by atoms with Crippen molar-refractivity contribution in [1.29, 1.82) is 0 Å². The zero-order valence-electron chi connectivity index (χ0n) is 60.2. The van der Waals surface area contributed by atoms with Gasteiger partial charge in [0.2, 0.25) is 0 Å². The van der Waals surface area contributed by atoms with E-state index in [9.17, 15) is 43.2 Å². The van der Waals surface area contributed by atoms with Crippen LogP contribution < -0.4 is 0 Å². The summed E-state index contributed by atoms with van der Waals surface area (Å²) in [5.41, 5.74) is 0. The highest BCUT2D eigenvalue weighted by Gasteiger charge is 2.30. The fourth-order valence-corrected chi connectivity index (χ4v) is 12.5. The molecule has 0 spiro atoms. The first-order valence-corrected chi connectivity index (χ1v) is 40.8. The molecule has 4 unspecified atom stereocenters. The Morgan fingerprint density at radius 2 is 0.522 bits per heavy atom. The van der Waals surface area contributed by atoms with E-state index in [1.54, 1.807) is 0 Å². The molecule has 0 radical (unpaired) electrons. The highest BCUT2D eigenvalue weighted by molar-refractivity contribution is 7.47. The lowest BCUT2D eigenvalue weighted by molar-refractivity contribution is -0.161. The summed E-state index contributed by atoms with van der Waals surface area (Å²) in [6, 6.07) is 0. The molecule has 17 nitrogen and oxygen atoms in total. The van der Waals surface area contributed by atoms with Gasteiger partial charge in [-0.1, -0.05) is 312 Å². The Kier molecular flexibility index (Phi) is 61.3. The van der Waals surface area contributed by atoms with Gasteiger partial charge in [-0.3, -0.25) is 37.3 Å². The number of carbonyl (C=O) groups is 4. The molecule has 0 aromatic carbocycles. The minimum Gasteiger partial charge on any atom is -0.462 e. The van der Waals surface area contributed by atoms with Crippen LogP contribution in [0, 0.1) is 23.7 Å². The maximum atomic E-state index is 13.0. The van der Waals surface area contributed by atoms with Crippen molar-refractivity contribution in [3.8, 4) is 0 Å². The molecule has 0 saturated carbocycles. The van der Waals surface area contributed by atoms with Gasteiger partial charge in [0.05, 0.1) is 26.4 Å². The lowest BCUT2D eigenvalue weighted by Crippen LogP contribution is -2.30. The molecule has 0 bridgehead atoms. The molecule has 0 rings (SSSR count). The molecule has 3 N–H and O–H groups in total. The zero-order valence-corrected chi connectivity index (χ0v) is 62.0. The Bertz CT molecular complexity index is 1820. The standard InChI is InChI=1S/C73H142O17P2/c1-9-65(7)51-43-35-29-31-37-45-53-70(75)83-59-68(89-72(77)55-47-39-27-23-18-16-14-12-11-13-15-17-21-25-33-41-49-63(3)4)61-87-91(79,80)85-57-67(74)58-86-92(81,82)88-62-69(60-84-71(76)54-46-38-32-30-36-44-52-66(8)10-2)90-73(78)56-48-40-28-24-20-19-22-26-34-42-50-64(5)6/h63-69,74H,9-62H2,1-8H3,(H,79,80)(H,81,82)/t65?,66?,67-,68+,69+/m0/s1. The summed E-state index contributed by atoms with van der Waals surface area (Å²) in [6.45, 7) is 14.1. The molecule has 0 aromatic heterocycles. The quantitative estimate of drug-likeness (QED) is 0.0222. The molecule has 0 saturated heterocycles. The van der Waals surface area contributed by atoms with Gasteiger partial charge in [0.25, 0.3) is 0 Å². The number of aliphatic hydroxyl groups is 1. The minimum absolute atomic E-state index is 0.104. The monoisotopic (exact) mass is 1350 g/mol. The Labute approximate surface area is 562 Å². The van der Waals surface area contributed by atoms with E-state index in [1.165, 1.54) is 154 Å². The van der Waals surface area contributed by atoms with E-state index >= 15 is 0 Å². The maximum Gasteiger partial charge on any atom is 0.472 e. The molecule has 0 aliphatic carbocycles. The fourth-order valence-electron chi connectivity index (χ4n) is 11.0. The Hall–Kier alpha value is -1.94. The van der Waals surface area contributed by atoms with Crippen LogP contribution >= 0.6 is 15.6 Å². The molecule has 0 heterocycles. The van der Waals surface area contributed by atoms with Crippen LogP contribution in [0.1, 0.15) is 364 Å². The van der Waals surface area contributed by atoms with Crippen molar-refractivity contribution in [1.82, 2.24) is 0 Å². The smallest absolute Gasteiger partial charge is 0.462 e. The molecule has 7 atom stereocenters. The average Bonchev–Trinajstić information content (AvgIpc) is 3.38. The Morgan fingerprint density at radius 3 is 0.772 bits per heavy atom. The lowest BCUT2D eigenvalue weighted by atomic mass is 10.00. The van der Waals surface area contributed by atoms with Crippen LogP contribution in [0.15, 0.2) is 0 Å². The number of unbranched alkanes of at least 4 members (excludes halogenated alkanes) is 34. The van der Waals surface area contributed by atoms with Crippen molar-refractivity contribution in [3.05, 3.63) is 0 Å². The molecule has 546 valence electrons. The zero-order chi connectivity index (χ0) is 68.2. The summed E-state index contributed by atoms with van der Waals surface area (Å²) < 4.78 is 68.4. The number of hydrogen-bond acceptors (Lipinski definition) is 15. The van der Waals surface area contributed by atoms with Gasteiger partial charge in [0, 0.05) is 25.7 Å². The average molecular weight is 1350 g/mol. The second-order valence-electron chi connectivity index (χ2n) is 27.8. The number of hydrogen-bond donors (Lipinski definition) is 3. The second kappa shape index (κ2) is 62.6. The number of esters is 4. The SMILES string of the molecule is CCC(C)CCCCCCCCC(=O)OC[C@H](COP(=O)(O)OC[C@H](O)COP(=O)(O)OC[C@@H](COC(=O)CCCCCCCCC(C)CC)OC(=O)CCCCCCCCCCCCC(C)C)OC(=O)CCCCCCCCCCCCCCCCCCC(C)C.